The Balaban J connectivity index is 2.16. The predicted octanol–water partition coefficient (Wildman–Crippen LogP) is 3.83. The van der Waals surface area contributed by atoms with E-state index in [1.54, 1.807) is 0 Å². The second-order valence-electron chi connectivity index (χ2n) is 5.36. The van der Waals surface area contributed by atoms with Gasteiger partial charge in [-0.15, -0.1) is 0 Å². The second kappa shape index (κ2) is 6.44. The molecule has 1 saturated heterocycles. The summed E-state index contributed by atoms with van der Waals surface area (Å²) in [5, 5.41) is 4.31. The van der Waals surface area contributed by atoms with Crippen molar-refractivity contribution in [3.05, 3.63) is 28.8 Å². The van der Waals surface area contributed by atoms with Crippen molar-refractivity contribution in [3.63, 3.8) is 0 Å². The molecule has 1 N–H and O–H groups in total. The van der Waals surface area contributed by atoms with Crippen molar-refractivity contribution in [3.8, 4) is 0 Å². The number of hydrogen-bond acceptors (Lipinski definition) is 2. The highest BCUT2D eigenvalue weighted by atomic mass is 35.5. The number of benzene rings is 1. The summed E-state index contributed by atoms with van der Waals surface area (Å²) in [6.45, 7) is 7.59. The van der Waals surface area contributed by atoms with Crippen LogP contribution in [0.15, 0.2) is 18.2 Å². The standard InChI is InChI=1S/C15H23ClN2/c1-12(2)17-11-13-10-14(16)6-7-15(13)18-8-4-3-5-9-18/h6-7,10,12,17H,3-5,8-9,11H2,1-2H3. The van der Waals surface area contributed by atoms with Crippen LogP contribution < -0.4 is 10.2 Å². The molecular formula is C15H23ClN2. The molecule has 0 spiro atoms. The van der Waals surface area contributed by atoms with Gasteiger partial charge in [0.1, 0.15) is 0 Å². The zero-order valence-corrected chi connectivity index (χ0v) is 12.1. The van der Waals surface area contributed by atoms with Crippen molar-refractivity contribution in [2.75, 3.05) is 18.0 Å². The third-order valence-electron chi connectivity index (χ3n) is 3.44. The Hall–Kier alpha value is -0.730. The minimum Gasteiger partial charge on any atom is -0.371 e. The van der Waals surface area contributed by atoms with Gasteiger partial charge in [-0.05, 0) is 43.0 Å². The molecular weight excluding hydrogens is 244 g/mol. The predicted molar refractivity (Wildman–Crippen MR) is 79.5 cm³/mol. The average molecular weight is 267 g/mol. The minimum atomic E-state index is 0.498. The molecule has 3 heteroatoms. The third kappa shape index (κ3) is 3.63. The molecule has 1 fully saturated rings. The monoisotopic (exact) mass is 266 g/mol. The Bertz CT molecular complexity index is 384. The molecule has 0 aliphatic carbocycles. The molecule has 1 aromatic carbocycles. The van der Waals surface area contributed by atoms with Gasteiger partial charge < -0.3 is 10.2 Å². The van der Waals surface area contributed by atoms with E-state index >= 15 is 0 Å². The molecule has 0 unspecified atom stereocenters. The summed E-state index contributed by atoms with van der Waals surface area (Å²) < 4.78 is 0. The lowest BCUT2D eigenvalue weighted by atomic mass is 10.1. The molecule has 2 nitrogen and oxygen atoms in total. The first-order valence-electron chi connectivity index (χ1n) is 6.93. The van der Waals surface area contributed by atoms with E-state index in [0.29, 0.717) is 6.04 Å². The van der Waals surface area contributed by atoms with E-state index in [9.17, 15) is 0 Å². The van der Waals surface area contributed by atoms with Crippen LogP contribution in [0.5, 0.6) is 0 Å². The van der Waals surface area contributed by atoms with E-state index < -0.39 is 0 Å². The normalized spacial score (nSPS) is 16.3. The fraction of sp³-hybridized carbons (Fsp3) is 0.600. The van der Waals surface area contributed by atoms with Crippen molar-refractivity contribution < 1.29 is 0 Å². The molecule has 0 aromatic heterocycles. The lowest BCUT2D eigenvalue weighted by molar-refractivity contribution is 0.566. The Labute approximate surface area is 115 Å². The summed E-state index contributed by atoms with van der Waals surface area (Å²) in [6, 6.07) is 6.77. The maximum Gasteiger partial charge on any atom is 0.0412 e. The van der Waals surface area contributed by atoms with Crippen molar-refractivity contribution in [2.45, 2.75) is 45.7 Å². The van der Waals surface area contributed by atoms with E-state index in [1.807, 2.05) is 6.07 Å². The number of halogens is 1. The summed E-state index contributed by atoms with van der Waals surface area (Å²) in [5.41, 5.74) is 2.67. The van der Waals surface area contributed by atoms with E-state index in [2.05, 4.69) is 36.2 Å². The molecule has 1 heterocycles. The van der Waals surface area contributed by atoms with Crippen LogP contribution in [0, 0.1) is 0 Å². The maximum atomic E-state index is 6.12. The van der Waals surface area contributed by atoms with Gasteiger partial charge in [0.05, 0.1) is 0 Å². The van der Waals surface area contributed by atoms with Crippen LogP contribution in [-0.4, -0.2) is 19.1 Å². The number of piperidine rings is 1. The number of nitrogens with one attached hydrogen (secondary N) is 1. The first-order chi connectivity index (χ1) is 8.66. The van der Waals surface area contributed by atoms with Gasteiger partial charge >= 0.3 is 0 Å². The average Bonchev–Trinajstić information content (AvgIpc) is 2.37. The van der Waals surface area contributed by atoms with Crippen LogP contribution in [0.25, 0.3) is 0 Å². The van der Waals surface area contributed by atoms with Gasteiger partial charge in [0.25, 0.3) is 0 Å². The van der Waals surface area contributed by atoms with Crippen LogP contribution in [-0.2, 0) is 6.54 Å². The van der Waals surface area contributed by atoms with Gasteiger partial charge in [-0.2, -0.15) is 0 Å². The highest BCUT2D eigenvalue weighted by Crippen LogP contribution is 2.27. The van der Waals surface area contributed by atoms with Gasteiger partial charge in [-0.25, -0.2) is 0 Å². The van der Waals surface area contributed by atoms with Crippen molar-refractivity contribution in [2.24, 2.45) is 0 Å². The first-order valence-corrected chi connectivity index (χ1v) is 7.31. The molecule has 1 aliphatic heterocycles. The Morgan fingerprint density at radius 2 is 1.94 bits per heavy atom. The Morgan fingerprint density at radius 1 is 1.22 bits per heavy atom. The zero-order valence-electron chi connectivity index (χ0n) is 11.4. The third-order valence-corrected chi connectivity index (χ3v) is 3.67. The SMILES string of the molecule is CC(C)NCc1cc(Cl)ccc1N1CCCCC1. The smallest absolute Gasteiger partial charge is 0.0412 e. The molecule has 18 heavy (non-hydrogen) atoms. The lowest BCUT2D eigenvalue weighted by Crippen LogP contribution is -2.31. The van der Waals surface area contributed by atoms with Crippen molar-refractivity contribution in [1.82, 2.24) is 5.32 Å². The van der Waals surface area contributed by atoms with E-state index in [1.165, 1.54) is 43.6 Å². The van der Waals surface area contributed by atoms with Crippen LogP contribution in [0.2, 0.25) is 5.02 Å². The summed E-state index contributed by atoms with van der Waals surface area (Å²) >= 11 is 6.12. The quantitative estimate of drug-likeness (QED) is 0.891. The van der Waals surface area contributed by atoms with Gasteiger partial charge in [-0.1, -0.05) is 25.4 Å². The highest BCUT2D eigenvalue weighted by Gasteiger charge is 2.14. The molecule has 0 atom stereocenters. The van der Waals surface area contributed by atoms with Crippen LogP contribution in [0.1, 0.15) is 38.7 Å². The fourth-order valence-electron chi connectivity index (χ4n) is 2.45. The van der Waals surface area contributed by atoms with E-state index in [0.717, 1.165) is 11.6 Å². The van der Waals surface area contributed by atoms with Crippen molar-refractivity contribution >= 4 is 17.3 Å². The van der Waals surface area contributed by atoms with Gasteiger partial charge in [0.2, 0.25) is 0 Å². The van der Waals surface area contributed by atoms with E-state index in [4.69, 9.17) is 11.6 Å². The number of hydrogen-bond donors (Lipinski definition) is 1. The largest absolute Gasteiger partial charge is 0.371 e. The minimum absolute atomic E-state index is 0.498. The summed E-state index contributed by atoms with van der Waals surface area (Å²) in [4.78, 5) is 2.50. The molecule has 0 saturated carbocycles. The molecule has 100 valence electrons. The number of anilines is 1. The zero-order chi connectivity index (χ0) is 13.0. The second-order valence-corrected chi connectivity index (χ2v) is 5.79. The van der Waals surface area contributed by atoms with Gasteiger partial charge in [-0.3, -0.25) is 0 Å². The first kappa shape index (κ1) is 13.7. The van der Waals surface area contributed by atoms with Crippen molar-refractivity contribution in [1.29, 1.82) is 0 Å². The Kier molecular flexibility index (Phi) is 4.90. The number of rotatable bonds is 4. The maximum absolute atomic E-state index is 6.12. The Morgan fingerprint density at radius 3 is 2.61 bits per heavy atom. The van der Waals surface area contributed by atoms with Crippen LogP contribution in [0.4, 0.5) is 5.69 Å². The van der Waals surface area contributed by atoms with Gasteiger partial charge in [0.15, 0.2) is 0 Å². The molecule has 2 rings (SSSR count). The summed E-state index contributed by atoms with van der Waals surface area (Å²) in [7, 11) is 0. The fourth-order valence-corrected chi connectivity index (χ4v) is 2.65. The molecule has 0 amide bonds. The van der Waals surface area contributed by atoms with E-state index in [-0.39, 0.29) is 0 Å². The van der Waals surface area contributed by atoms with Crippen LogP contribution >= 0.6 is 11.6 Å². The molecule has 0 radical (unpaired) electrons. The summed E-state index contributed by atoms with van der Waals surface area (Å²) in [6.07, 6.45) is 3.98. The topological polar surface area (TPSA) is 15.3 Å². The van der Waals surface area contributed by atoms with Gasteiger partial charge in [0, 0.05) is 36.4 Å². The summed E-state index contributed by atoms with van der Waals surface area (Å²) in [5.74, 6) is 0. The lowest BCUT2D eigenvalue weighted by Gasteiger charge is -2.31. The number of nitrogens with zero attached hydrogens (tertiary/aromatic N) is 1. The molecule has 1 aliphatic rings. The molecule has 1 aromatic rings. The van der Waals surface area contributed by atoms with Crippen LogP contribution in [0.3, 0.4) is 0 Å². The highest BCUT2D eigenvalue weighted by molar-refractivity contribution is 6.30. The molecule has 0 bridgehead atoms.